The molecule has 2 aromatic carbocycles. The molecule has 0 aliphatic rings. The Balaban J connectivity index is 2.26. The first kappa shape index (κ1) is 17.1. The van der Waals surface area contributed by atoms with Crippen molar-refractivity contribution in [1.82, 2.24) is 9.13 Å². The Morgan fingerprint density at radius 1 is 1.12 bits per heavy atom. The van der Waals surface area contributed by atoms with E-state index in [1.165, 1.54) is 24.3 Å². The molecule has 0 radical (unpaired) electrons. The molecule has 1 heterocycles. The zero-order chi connectivity index (χ0) is 18.1. The number of para-hydroxylation sites is 1. The van der Waals surface area contributed by atoms with E-state index < -0.39 is 29.6 Å². The maximum Gasteiger partial charge on any atom is 0.332 e. The van der Waals surface area contributed by atoms with Crippen LogP contribution in [-0.2, 0) is 17.9 Å². The summed E-state index contributed by atoms with van der Waals surface area (Å²) < 4.78 is 16.4. The minimum atomic E-state index is -1.22. The first-order chi connectivity index (χ1) is 11.9. The van der Waals surface area contributed by atoms with Gasteiger partial charge in [0.05, 0.1) is 17.4 Å². The van der Waals surface area contributed by atoms with Crippen molar-refractivity contribution in [3.8, 4) is 0 Å². The molecule has 0 aliphatic heterocycles. The summed E-state index contributed by atoms with van der Waals surface area (Å²) in [6.45, 7) is -0.885. The summed E-state index contributed by atoms with van der Waals surface area (Å²) in [5, 5.41) is 9.26. The van der Waals surface area contributed by atoms with Crippen LogP contribution in [0.3, 0.4) is 0 Å². The van der Waals surface area contributed by atoms with Gasteiger partial charge in [0.25, 0.3) is 5.56 Å². The van der Waals surface area contributed by atoms with E-state index in [-0.39, 0.29) is 23.0 Å². The predicted octanol–water partition coefficient (Wildman–Crippen LogP) is 2.20. The van der Waals surface area contributed by atoms with Crippen molar-refractivity contribution in [1.29, 1.82) is 0 Å². The zero-order valence-electron chi connectivity index (χ0n) is 12.8. The van der Waals surface area contributed by atoms with Crippen LogP contribution in [-0.4, -0.2) is 20.2 Å². The fourth-order valence-corrected chi connectivity index (χ4v) is 2.95. The lowest BCUT2D eigenvalue weighted by atomic mass is 10.2. The fraction of sp³-hybridized carbons (Fsp3) is 0.118. The summed E-state index contributed by atoms with van der Waals surface area (Å²) in [7, 11) is 0. The highest BCUT2D eigenvalue weighted by Crippen LogP contribution is 2.16. The fourth-order valence-electron chi connectivity index (χ4n) is 2.62. The molecule has 0 spiro atoms. The Kier molecular flexibility index (Phi) is 4.54. The van der Waals surface area contributed by atoms with Gasteiger partial charge in [-0.2, -0.15) is 0 Å². The lowest BCUT2D eigenvalue weighted by Gasteiger charge is -2.13. The molecule has 0 atom stereocenters. The summed E-state index contributed by atoms with van der Waals surface area (Å²) >= 11 is 3.14. The van der Waals surface area contributed by atoms with Crippen LogP contribution in [0.5, 0.6) is 0 Å². The number of halogens is 2. The average molecular weight is 407 g/mol. The van der Waals surface area contributed by atoms with Gasteiger partial charge in [-0.25, -0.2) is 9.18 Å². The van der Waals surface area contributed by atoms with Crippen molar-refractivity contribution in [3.63, 3.8) is 0 Å². The predicted molar refractivity (Wildman–Crippen MR) is 93.3 cm³/mol. The molecule has 1 N–H and O–H groups in total. The largest absolute Gasteiger partial charge is 0.480 e. The summed E-state index contributed by atoms with van der Waals surface area (Å²) in [5.74, 6) is -1.79. The molecule has 8 heteroatoms. The molecule has 0 bridgehead atoms. The second-order valence-electron chi connectivity index (χ2n) is 5.41. The highest BCUT2D eigenvalue weighted by atomic mass is 79.9. The quantitative estimate of drug-likeness (QED) is 0.719. The molecule has 128 valence electrons. The summed E-state index contributed by atoms with van der Waals surface area (Å²) in [6, 6.07) is 10.5. The maximum absolute atomic E-state index is 14.1. The molecule has 25 heavy (non-hydrogen) atoms. The Morgan fingerprint density at radius 2 is 1.84 bits per heavy atom. The first-order valence-electron chi connectivity index (χ1n) is 7.26. The van der Waals surface area contributed by atoms with Crippen LogP contribution in [0.25, 0.3) is 10.9 Å². The third-order valence-electron chi connectivity index (χ3n) is 3.77. The van der Waals surface area contributed by atoms with Gasteiger partial charge in [0.15, 0.2) is 0 Å². The lowest BCUT2D eigenvalue weighted by molar-refractivity contribution is -0.137. The lowest BCUT2D eigenvalue weighted by Crippen LogP contribution is -2.41. The minimum absolute atomic E-state index is 0.152. The molecule has 0 saturated carbocycles. The normalized spacial score (nSPS) is 11.0. The molecule has 0 unspecified atom stereocenters. The van der Waals surface area contributed by atoms with Gasteiger partial charge in [-0.3, -0.25) is 18.7 Å². The van der Waals surface area contributed by atoms with Crippen LogP contribution in [0, 0.1) is 5.82 Å². The maximum atomic E-state index is 14.1. The average Bonchev–Trinajstić information content (AvgIpc) is 2.57. The van der Waals surface area contributed by atoms with Crippen molar-refractivity contribution < 1.29 is 14.3 Å². The van der Waals surface area contributed by atoms with Crippen molar-refractivity contribution in [2.24, 2.45) is 0 Å². The van der Waals surface area contributed by atoms with Crippen molar-refractivity contribution in [3.05, 3.63) is 79.2 Å². The molecule has 0 saturated heterocycles. The van der Waals surface area contributed by atoms with Gasteiger partial charge >= 0.3 is 11.7 Å². The van der Waals surface area contributed by atoms with E-state index in [0.29, 0.717) is 4.47 Å². The highest BCUT2D eigenvalue weighted by molar-refractivity contribution is 9.10. The van der Waals surface area contributed by atoms with E-state index in [2.05, 4.69) is 15.9 Å². The number of hydrogen-bond donors (Lipinski definition) is 1. The molecule has 0 fully saturated rings. The Morgan fingerprint density at radius 3 is 2.52 bits per heavy atom. The highest BCUT2D eigenvalue weighted by Gasteiger charge is 2.16. The van der Waals surface area contributed by atoms with Crippen LogP contribution in [0.4, 0.5) is 4.39 Å². The summed E-state index contributed by atoms with van der Waals surface area (Å²) in [4.78, 5) is 36.4. The van der Waals surface area contributed by atoms with Gasteiger partial charge in [0.1, 0.15) is 12.4 Å². The van der Waals surface area contributed by atoms with E-state index in [9.17, 15) is 18.8 Å². The SMILES string of the molecule is O=C(O)Cn1c(=O)n(Cc2ccc(Br)cc2F)c(=O)c2ccccc21. The number of aliphatic carboxylic acids is 1. The number of carbonyl (C=O) groups is 1. The van der Waals surface area contributed by atoms with Crippen LogP contribution < -0.4 is 11.2 Å². The monoisotopic (exact) mass is 406 g/mol. The van der Waals surface area contributed by atoms with Gasteiger partial charge in [0.2, 0.25) is 0 Å². The standard InChI is InChI=1S/C17H12BrFN2O4/c18-11-6-5-10(13(19)7-11)8-21-16(24)12-3-1-2-4-14(12)20(17(21)25)9-15(22)23/h1-7H,8-9H2,(H,22,23). The summed E-state index contributed by atoms with van der Waals surface area (Å²) in [5.41, 5.74) is -1.01. The Bertz CT molecular complexity index is 1100. The number of fused-ring (bicyclic) bond motifs is 1. The first-order valence-corrected chi connectivity index (χ1v) is 8.06. The smallest absolute Gasteiger partial charge is 0.332 e. The number of carboxylic acid groups (broad SMARTS) is 1. The van der Waals surface area contributed by atoms with Crippen LogP contribution in [0.1, 0.15) is 5.56 Å². The molecular weight excluding hydrogens is 395 g/mol. The minimum Gasteiger partial charge on any atom is -0.480 e. The van der Waals surface area contributed by atoms with Crippen molar-refractivity contribution in [2.75, 3.05) is 0 Å². The van der Waals surface area contributed by atoms with E-state index in [1.54, 1.807) is 18.2 Å². The number of aromatic nitrogens is 2. The van der Waals surface area contributed by atoms with Gasteiger partial charge < -0.3 is 5.11 Å². The molecule has 0 aliphatic carbocycles. The van der Waals surface area contributed by atoms with Gasteiger partial charge in [-0.1, -0.05) is 34.1 Å². The number of rotatable bonds is 4. The molecule has 1 aromatic heterocycles. The topological polar surface area (TPSA) is 81.3 Å². The Labute approximate surface area is 148 Å². The van der Waals surface area contributed by atoms with Gasteiger partial charge in [-0.15, -0.1) is 0 Å². The molecule has 6 nitrogen and oxygen atoms in total. The van der Waals surface area contributed by atoms with Gasteiger partial charge in [0, 0.05) is 10.0 Å². The van der Waals surface area contributed by atoms with E-state index in [0.717, 1.165) is 9.13 Å². The summed E-state index contributed by atoms with van der Waals surface area (Å²) in [6.07, 6.45) is 0. The second-order valence-corrected chi connectivity index (χ2v) is 6.32. The van der Waals surface area contributed by atoms with Crippen LogP contribution >= 0.6 is 15.9 Å². The van der Waals surface area contributed by atoms with Crippen molar-refractivity contribution in [2.45, 2.75) is 13.1 Å². The molecule has 3 rings (SSSR count). The van der Waals surface area contributed by atoms with Crippen molar-refractivity contribution >= 4 is 32.8 Å². The molecular formula is C17H12BrFN2O4. The van der Waals surface area contributed by atoms with Crippen LogP contribution in [0.15, 0.2) is 56.5 Å². The van der Waals surface area contributed by atoms with Crippen LogP contribution in [0.2, 0.25) is 0 Å². The van der Waals surface area contributed by atoms with Gasteiger partial charge in [-0.05, 0) is 24.3 Å². The van der Waals surface area contributed by atoms with E-state index in [4.69, 9.17) is 5.11 Å². The zero-order valence-corrected chi connectivity index (χ0v) is 14.4. The molecule has 3 aromatic rings. The second kappa shape index (κ2) is 6.64. The number of carboxylic acids is 1. The Hall–Kier alpha value is -2.74. The third kappa shape index (κ3) is 3.25. The number of hydrogen-bond acceptors (Lipinski definition) is 3. The van der Waals surface area contributed by atoms with E-state index >= 15 is 0 Å². The molecule has 0 amide bonds. The third-order valence-corrected chi connectivity index (χ3v) is 4.26. The van der Waals surface area contributed by atoms with E-state index in [1.807, 2.05) is 0 Å². The number of benzene rings is 2. The number of nitrogens with zero attached hydrogens (tertiary/aromatic N) is 2.